The molecule has 21 heavy (non-hydrogen) atoms. The lowest BCUT2D eigenvalue weighted by atomic mass is 10.1. The first-order chi connectivity index (χ1) is 10.2. The van der Waals surface area contributed by atoms with Crippen LogP contribution in [0, 0.1) is 0 Å². The Hall–Kier alpha value is -0.900. The molecule has 1 aromatic rings. The van der Waals surface area contributed by atoms with E-state index in [-0.39, 0.29) is 0 Å². The lowest BCUT2D eigenvalue weighted by Crippen LogP contribution is -2.27. The molecule has 0 aliphatic heterocycles. The molecule has 1 aromatic carbocycles. The highest BCUT2D eigenvalue weighted by atomic mass is 16.5. The number of hydrogen-bond donors (Lipinski definition) is 1. The van der Waals surface area contributed by atoms with E-state index in [9.17, 15) is 0 Å². The van der Waals surface area contributed by atoms with Gasteiger partial charge in [-0.1, -0.05) is 45.0 Å². The SMILES string of the molecule is CCOCCN(CC)Cc1ccc(CCNC(C)C)cc1. The summed E-state index contributed by atoms with van der Waals surface area (Å²) in [7, 11) is 0. The molecule has 3 heteroatoms. The molecule has 0 fully saturated rings. The molecule has 3 nitrogen and oxygen atoms in total. The third-order valence-electron chi connectivity index (χ3n) is 3.60. The maximum atomic E-state index is 5.44. The van der Waals surface area contributed by atoms with Crippen LogP contribution >= 0.6 is 0 Å². The molecule has 0 heterocycles. The summed E-state index contributed by atoms with van der Waals surface area (Å²) in [4.78, 5) is 2.42. The Morgan fingerprint density at radius 2 is 1.76 bits per heavy atom. The zero-order chi connectivity index (χ0) is 15.5. The Balaban J connectivity index is 2.38. The van der Waals surface area contributed by atoms with Gasteiger partial charge in [0, 0.05) is 25.7 Å². The molecule has 0 aliphatic carbocycles. The lowest BCUT2D eigenvalue weighted by Gasteiger charge is -2.20. The van der Waals surface area contributed by atoms with Gasteiger partial charge < -0.3 is 10.1 Å². The minimum atomic E-state index is 0.563. The minimum Gasteiger partial charge on any atom is -0.380 e. The van der Waals surface area contributed by atoms with Crippen LogP contribution in [0.2, 0.25) is 0 Å². The lowest BCUT2D eigenvalue weighted by molar-refractivity contribution is 0.113. The van der Waals surface area contributed by atoms with Crippen molar-refractivity contribution in [3.05, 3.63) is 35.4 Å². The van der Waals surface area contributed by atoms with E-state index in [4.69, 9.17) is 4.74 Å². The van der Waals surface area contributed by atoms with Gasteiger partial charge in [-0.05, 0) is 37.6 Å². The second-order valence-electron chi connectivity index (χ2n) is 5.74. The number of hydrogen-bond acceptors (Lipinski definition) is 3. The average molecular weight is 292 g/mol. The van der Waals surface area contributed by atoms with Gasteiger partial charge in [0.2, 0.25) is 0 Å². The minimum absolute atomic E-state index is 0.563. The van der Waals surface area contributed by atoms with E-state index >= 15 is 0 Å². The summed E-state index contributed by atoms with van der Waals surface area (Å²) in [6, 6.07) is 9.59. The fraction of sp³-hybridized carbons (Fsp3) is 0.667. The molecule has 1 N–H and O–H groups in total. The number of benzene rings is 1. The quantitative estimate of drug-likeness (QED) is 0.634. The van der Waals surface area contributed by atoms with Crippen molar-refractivity contribution >= 4 is 0 Å². The summed E-state index contributed by atoms with van der Waals surface area (Å²) in [5.74, 6) is 0. The van der Waals surface area contributed by atoms with E-state index in [0.29, 0.717) is 6.04 Å². The van der Waals surface area contributed by atoms with E-state index < -0.39 is 0 Å². The summed E-state index contributed by atoms with van der Waals surface area (Å²) >= 11 is 0. The topological polar surface area (TPSA) is 24.5 Å². The van der Waals surface area contributed by atoms with Crippen molar-refractivity contribution in [1.29, 1.82) is 0 Å². The van der Waals surface area contributed by atoms with Crippen LogP contribution < -0.4 is 5.32 Å². The first-order valence-electron chi connectivity index (χ1n) is 8.27. The van der Waals surface area contributed by atoms with Crippen molar-refractivity contribution in [3.63, 3.8) is 0 Å². The summed E-state index contributed by atoms with van der Waals surface area (Å²) in [5, 5.41) is 3.46. The van der Waals surface area contributed by atoms with E-state index in [1.54, 1.807) is 0 Å². The van der Waals surface area contributed by atoms with Crippen LogP contribution in [0.1, 0.15) is 38.8 Å². The fourth-order valence-corrected chi connectivity index (χ4v) is 2.26. The van der Waals surface area contributed by atoms with Crippen LogP contribution in [-0.4, -0.2) is 43.8 Å². The Morgan fingerprint density at radius 3 is 2.33 bits per heavy atom. The molecular weight excluding hydrogens is 260 g/mol. The second-order valence-corrected chi connectivity index (χ2v) is 5.74. The standard InChI is InChI=1S/C18H32N2O/c1-5-20(13-14-21-6-2)15-18-9-7-17(8-10-18)11-12-19-16(3)4/h7-10,16,19H,5-6,11-15H2,1-4H3. The molecule has 1 rings (SSSR count). The van der Waals surface area contributed by atoms with Crippen LogP contribution in [0.4, 0.5) is 0 Å². The predicted molar refractivity (Wildman–Crippen MR) is 90.7 cm³/mol. The third kappa shape index (κ3) is 8.20. The van der Waals surface area contributed by atoms with Crippen LogP contribution in [0.15, 0.2) is 24.3 Å². The summed E-state index contributed by atoms with van der Waals surface area (Å²) in [6.07, 6.45) is 1.10. The molecule has 0 spiro atoms. The Morgan fingerprint density at radius 1 is 1.10 bits per heavy atom. The highest BCUT2D eigenvalue weighted by molar-refractivity contribution is 5.22. The molecule has 0 amide bonds. The summed E-state index contributed by atoms with van der Waals surface area (Å²) in [5.41, 5.74) is 2.79. The number of ether oxygens (including phenoxy) is 1. The molecule has 120 valence electrons. The van der Waals surface area contributed by atoms with Gasteiger partial charge in [0.25, 0.3) is 0 Å². The first-order valence-corrected chi connectivity index (χ1v) is 8.27. The molecular formula is C18H32N2O. The van der Waals surface area contributed by atoms with Crippen LogP contribution in [0.5, 0.6) is 0 Å². The fourth-order valence-electron chi connectivity index (χ4n) is 2.26. The van der Waals surface area contributed by atoms with Crippen molar-refractivity contribution in [3.8, 4) is 0 Å². The van der Waals surface area contributed by atoms with Gasteiger partial charge in [-0.3, -0.25) is 4.90 Å². The molecule has 0 bridgehead atoms. The number of likely N-dealkylation sites (N-methyl/N-ethyl adjacent to an activating group) is 1. The van der Waals surface area contributed by atoms with Gasteiger partial charge >= 0.3 is 0 Å². The summed E-state index contributed by atoms with van der Waals surface area (Å²) < 4.78 is 5.44. The van der Waals surface area contributed by atoms with Crippen molar-refractivity contribution in [2.45, 2.75) is 46.7 Å². The van der Waals surface area contributed by atoms with Crippen LogP contribution in [0.25, 0.3) is 0 Å². The zero-order valence-electron chi connectivity index (χ0n) is 14.2. The van der Waals surface area contributed by atoms with Crippen molar-refractivity contribution in [2.75, 3.05) is 32.8 Å². The predicted octanol–water partition coefficient (Wildman–Crippen LogP) is 3.09. The Kier molecular flexibility index (Phi) is 9.31. The highest BCUT2D eigenvalue weighted by Crippen LogP contribution is 2.08. The van der Waals surface area contributed by atoms with Crippen LogP contribution in [0.3, 0.4) is 0 Å². The second kappa shape index (κ2) is 10.8. The van der Waals surface area contributed by atoms with Gasteiger partial charge in [-0.2, -0.15) is 0 Å². The van der Waals surface area contributed by atoms with Gasteiger partial charge in [-0.15, -0.1) is 0 Å². The number of rotatable bonds is 11. The van der Waals surface area contributed by atoms with Gasteiger partial charge in [0.1, 0.15) is 0 Å². The molecule has 0 saturated heterocycles. The Labute approximate surface area is 130 Å². The van der Waals surface area contributed by atoms with Crippen LogP contribution in [-0.2, 0) is 17.7 Å². The van der Waals surface area contributed by atoms with E-state index in [1.807, 2.05) is 6.92 Å². The largest absolute Gasteiger partial charge is 0.380 e. The number of nitrogens with zero attached hydrogens (tertiary/aromatic N) is 1. The van der Waals surface area contributed by atoms with E-state index in [0.717, 1.165) is 45.8 Å². The summed E-state index contributed by atoms with van der Waals surface area (Å²) in [6.45, 7) is 14.4. The maximum Gasteiger partial charge on any atom is 0.0593 e. The van der Waals surface area contributed by atoms with Gasteiger partial charge in [-0.25, -0.2) is 0 Å². The van der Waals surface area contributed by atoms with Crippen molar-refractivity contribution in [1.82, 2.24) is 10.2 Å². The smallest absolute Gasteiger partial charge is 0.0593 e. The Bertz CT molecular complexity index is 362. The molecule has 0 saturated carbocycles. The zero-order valence-corrected chi connectivity index (χ0v) is 14.2. The molecule has 0 unspecified atom stereocenters. The number of nitrogens with one attached hydrogen (secondary N) is 1. The van der Waals surface area contributed by atoms with Gasteiger partial charge in [0.15, 0.2) is 0 Å². The molecule has 0 atom stereocenters. The first kappa shape index (κ1) is 18.1. The highest BCUT2D eigenvalue weighted by Gasteiger charge is 2.04. The molecule has 0 aliphatic rings. The molecule has 0 aromatic heterocycles. The molecule has 0 radical (unpaired) electrons. The van der Waals surface area contributed by atoms with Crippen molar-refractivity contribution < 1.29 is 4.74 Å². The average Bonchev–Trinajstić information content (AvgIpc) is 2.47. The van der Waals surface area contributed by atoms with E-state index in [2.05, 4.69) is 55.3 Å². The van der Waals surface area contributed by atoms with Crippen molar-refractivity contribution in [2.24, 2.45) is 0 Å². The maximum absolute atomic E-state index is 5.44. The normalized spacial score (nSPS) is 11.5. The third-order valence-corrected chi connectivity index (χ3v) is 3.60. The monoisotopic (exact) mass is 292 g/mol. The van der Waals surface area contributed by atoms with E-state index in [1.165, 1.54) is 11.1 Å². The van der Waals surface area contributed by atoms with Gasteiger partial charge in [0.05, 0.1) is 6.61 Å².